The van der Waals surface area contributed by atoms with Crippen LogP contribution in [0.15, 0.2) is 4.42 Å². The number of nitrogens with two attached hydrogens (primary N) is 1. The molecule has 3 N–H and O–H groups in total. The van der Waals surface area contributed by atoms with Crippen LogP contribution in [0.1, 0.15) is 26.2 Å². The van der Waals surface area contributed by atoms with E-state index in [0.717, 1.165) is 19.6 Å². The highest BCUT2D eigenvalue weighted by Crippen LogP contribution is 2.20. The Bertz CT molecular complexity index is 312. The van der Waals surface area contributed by atoms with Crippen molar-refractivity contribution in [3.05, 3.63) is 5.89 Å². The molecule has 1 aromatic rings. The van der Waals surface area contributed by atoms with Gasteiger partial charge in [-0.2, -0.15) is 0 Å². The highest BCUT2D eigenvalue weighted by atomic mass is 16.5. The molecule has 6 heteroatoms. The van der Waals surface area contributed by atoms with E-state index in [1.807, 2.05) is 0 Å². The summed E-state index contributed by atoms with van der Waals surface area (Å²) in [5.74, 6) is 0.442. The maximum atomic E-state index is 5.37. The molecule has 0 aliphatic heterocycles. The molecule has 92 valence electrons. The first-order chi connectivity index (χ1) is 7.57. The van der Waals surface area contributed by atoms with Crippen LogP contribution in [0.4, 0.5) is 6.01 Å². The van der Waals surface area contributed by atoms with Crippen LogP contribution in [-0.4, -0.2) is 30.5 Å². The van der Waals surface area contributed by atoms with Gasteiger partial charge in [0.25, 0.3) is 0 Å². The molecule has 0 amide bonds. The van der Waals surface area contributed by atoms with E-state index in [9.17, 15) is 0 Å². The number of ether oxygens (including phenoxy) is 1. The monoisotopic (exact) mass is 228 g/mol. The Hall–Kier alpha value is -1.14. The lowest BCUT2D eigenvalue weighted by Crippen LogP contribution is -2.24. The molecule has 16 heavy (non-hydrogen) atoms. The van der Waals surface area contributed by atoms with Crippen LogP contribution in [-0.2, 0) is 11.3 Å². The van der Waals surface area contributed by atoms with Gasteiger partial charge in [-0.25, -0.2) is 0 Å². The minimum Gasteiger partial charge on any atom is -0.407 e. The lowest BCUT2D eigenvalue weighted by molar-refractivity contribution is 0.156. The van der Waals surface area contributed by atoms with Crippen LogP contribution in [0.25, 0.3) is 0 Å². The fourth-order valence-corrected chi connectivity index (χ4v) is 1.19. The van der Waals surface area contributed by atoms with E-state index in [0.29, 0.717) is 11.9 Å². The van der Waals surface area contributed by atoms with E-state index in [1.54, 1.807) is 7.11 Å². The summed E-state index contributed by atoms with van der Waals surface area (Å²) < 4.78 is 10.3. The smallest absolute Gasteiger partial charge is 0.315 e. The van der Waals surface area contributed by atoms with Gasteiger partial charge < -0.3 is 20.2 Å². The maximum absolute atomic E-state index is 5.37. The second-order valence-electron chi connectivity index (χ2n) is 4.47. The number of aromatic nitrogens is 2. The van der Waals surface area contributed by atoms with Crippen LogP contribution in [0.3, 0.4) is 0 Å². The molecular weight excluding hydrogens is 208 g/mol. The molecule has 6 nitrogen and oxygen atoms in total. The van der Waals surface area contributed by atoms with Crippen molar-refractivity contribution in [3.63, 3.8) is 0 Å². The van der Waals surface area contributed by atoms with E-state index in [1.165, 1.54) is 0 Å². The largest absolute Gasteiger partial charge is 0.407 e. The third kappa shape index (κ3) is 4.16. The predicted molar refractivity (Wildman–Crippen MR) is 61.0 cm³/mol. The second-order valence-corrected chi connectivity index (χ2v) is 4.47. The molecule has 0 aliphatic carbocycles. The molecule has 0 fully saturated rings. The number of anilines is 1. The van der Waals surface area contributed by atoms with Crippen LogP contribution in [0.5, 0.6) is 0 Å². The van der Waals surface area contributed by atoms with Crippen molar-refractivity contribution in [1.29, 1.82) is 0 Å². The zero-order valence-corrected chi connectivity index (χ0v) is 10.1. The van der Waals surface area contributed by atoms with Gasteiger partial charge in [-0.05, 0) is 11.8 Å². The Morgan fingerprint density at radius 2 is 2.19 bits per heavy atom. The Morgan fingerprint density at radius 1 is 1.44 bits per heavy atom. The fourth-order valence-electron chi connectivity index (χ4n) is 1.19. The van der Waals surface area contributed by atoms with E-state index >= 15 is 0 Å². The summed E-state index contributed by atoms with van der Waals surface area (Å²) in [6.07, 6.45) is 0.967. The zero-order valence-electron chi connectivity index (χ0n) is 10.1. The first-order valence-corrected chi connectivity index (χ1v) is 5.32. The van der Waals surface area contributed by atoms with Crippen LogP contribution in [0.2, 0.25) is 0 Å². The van der Waals surface area contributed by atoms with E-state index in [-0.39, 0.29) is 12.0 Å². The summed E-state index contributed by atoms with van der Waals surface area (Å²) in [6.45, 7) is 6.06. The van der Waals surface area contributed by atoms with Gasteiger partial charge in [0, 0.05) is 20.3 Å². The number of hydrogen-bond acceptors (Lipinski definition) is 6. The van der Waals surface area contributed by atoms with Gasteiger partial charge in [0.1, 0.15) is 0 Å². The van der Waals surface area contributed by atoms with Gasteiger partial charge in [0.2, 0.25) is 5.89 Å². The minimum absolute atomic E-state index is 0.118. The van der Waals surface area contributed by atoms with Crippen molar-refractivity contribution in [2.75, 3.05) is 25.6 Å². The molecule has 1 heterocycles. The van der Waals surface area contributed by atoms with E-state index < -0.39 is 0 Å². The molecular formula is C10H20N4O2. The minimum atomic E-state index is 0.118. The number of nitrogens with one attached hydrogen (secondary N) is 1. The van der Waals surface area contributed by atoms with Gasteiger partial charge in [-0.15, -0.1) is 5.10 Å². The highest BCUT2D eigenvalue weighted by molar-refractivity contribution is 5.17. The summed E-state index contributed by atoms with van der Waals surface area (Å²) in [5.41, 5.74) is 5.49. The van der Waals surface area contributed by atoms with Gasteiger partial charge >= 0.3 is 6.01 Å². The average molecular weight is 228 g/mol. The van der Waals surface area contributed by atoms with Crippen LogP contribution >= 0.6 is 0 Å². The molecule has 0 bridgehead atoms. The first-order valence-electron chi connectivity index (χ1n) is 5.32. The van der Waals surface area contributed by atoms with Crippen molar-refractivity contribution in [2.24, 2.45) is 11.1 Å². The molecule has 0 unspecified atom stereocenters. The standard InChI is InChI=1S/C10H20N4O2/c1-10(2,4-5-15-3)7-12-9-14-13-8(6-11)16-9/h4-7,11H2,1-3H3,(H,12,14). The summed E-state index contributed by atoms with van der Waals surface area (Å²) in [7, 11) is 1.70. The van der Waals surface area contributed by atoms with Crippen molar-refractivity contribution in [3.8, 4) is 0 Å². The molecule has 0 aromatic carbocycles. The fraction of sp³-hybridized carbons (Fsp3) is 0.800. The average Bonchev–Trinajstić information content (AvgIpc) is 2.72. The highest BCUT2D eigenvalue weighted by Gasteiger charge is 2.18. The normalized spacial score (nSPS) is 11.8. The Morgan fingerprint density at radius 3 is 2.75 bits per heavy atom. The Balaban J connectivity index is 2.37. The number of hydrogen-bond donors (Lipinski definition) is 2. The first kappa shape index (κ1) is 12.9. The lowest BCUT2D eigenvalue weighted by Gasteiger charge is -2.23. The third-order valence-corrected chi connectivity index (χ3v) is 2.34. The molecule has 0 atom stereocenters. The topological polar surface area (TPSA) is 86.2 Å². The van der Waals surface area contributed by atoms with E-state index in [2.05, 4.69) is 29.4 Å². The number of nitrogens with zero attached hydrogens (tertiary/aromatic N) is 2. The zero-order chi connectivity index (χ0) is 12.0. The quantitative estimate of drug-likeness (QED) is 0.724. The van der Waals surface area contributed by atoms with Crippen molar-refractivity contribution < 1.29 is 9.15 Å². The van der Waals surface area contributed by atoms with Gasteiger partial charge in [0.15, 0.2) is 0 Å². The molecule has 0 saturated heterocycles. The second kappa shape index (κ2) is 5.81. The van der Waals surface area contributed by atoms with Crippen molar-refractivity contribution in [1.82, 2.24) is 10.2 Å². The van der Waals surface area contributed by atoms with Crippen molar-refractivity contribution >= 4 is 6.01 Å². The molecule has 0 aliphatic rings. The van der Waals surface area contributed by atoms with Gasteiger partial charge in [-0.1, -0.05) is 18.9 Å². The molecule has 0 spiro atoms. The van der Waals surface area contributed by atoms with Crippen LogP contribution in [0, 0.1) is 5.41 Å². The number of rotatable bonds is 7. The molecule has 1 rings (SSSR count). The predicted octanol–water partition coefficient (Wildman–Crippen LogP) is 1.00. The summed E-state index contributed by atoms with van der Waals surface area (Å²) in [4.78, 5) is 0. The SMILES string of the molecule is COCCC(C)(C)CNc1nnc(CN)o1. The molecule has 1 aromatic heterocycles. The maximum Gasteiger partial charge on any atom is 0.315 e. The van der Waals surface area contributed by atoms with Gasteiger partial charge in [0.05, 0.1) is 6.54 Å². The Kier molecular flexibility index (Phi) is 4.70. The third-order valence-electron chi connectivity index (χ3n) is 2.34. The molecule has 0 radical (unpaired) electrons. The summed E-state index contributed by atoms with van der Waals surface area (Å²) >= 11 is 0. The summed E-state index contributed by atoms with van der Waals surface area (Å²) in [6, 6.07) is 0.422. The Labute approximate surface area is 95.6 Å². The van der Waals surface area contributed by atoms with E-state index in [4.69, 9.17) is 14.9 Å². The molecule has 0 saturated carbocycles. The van der Waals surface area contributed by atoms with Crippen LogP contribution < -0.4 is 11.1 Å². The number of methoxy groups -OCH3 is 1. The van der Waals surface area contributed by atoms with Gasteiger partial charge in [-0.3, -0.25) is 0 Å². The summed E-state index contributed by atoms with van der Waals surface area (Å²) in [5, 5.41) is 10.7. The van der Waals surface area contributed by atoms with Crippen molar-refractivity contribution in [2.45, 2.75) is 26.8 Å². The lowest BCUT2D eigenvalue weighted by atomic mass is 9.90.